The average Bonchev–Trinajstić information content (AvgIpc) is 2.79. The molecule has 0 saturated carbocycles. The predicted molar refractivity (Wildman–Crippen MR) is 71.3 cm³/mol. The van der Waals surface area contributed by atoms with Gasteiger partial charge in [-0.3, -0.25) is 5.10 Å². The number of aromatic amines is 1. The first-order chi connectivity index (χ1) is 9.08. The van der Waals surface area contributed by atoms with E-state index < -0.39 is 5.97 Å². The average molecular weight is 261 g/mol. The van der Waals surface area contributed by atoms with Crippen LogP contribution in [0.15, 0.2) is 18.2 Å². The van der Waals surface area contributed by atoms with Gasteiger partial charge in [0.25, 0.3) is 0 Å². The molecule has 1 aromatic heterocycles. The lowest BCUT2D eigenvalue weighted by Crippen LogP contribution is -2.02. The maximum Gasteiger partial charge on any atom is 0.341 e. The number of benzene rings is 1. The number of aromatic nitrogens is 2. The molecule has 100 valence electrons. The minimum atomic E-state index is -1.10. The summed E-state index contributed by atoms with van der Waals surface area (Å²) in [5.41, 5.74) is 7.67. The summed E-state index contributed by atoms with van der Waals surface area (Å²) < 4.78 is 5.24. The molecule has 0 radical (unpaired) electrons. The highest BCUT2D eigenvalue weighted by molar-refractivity contribution is 5.99. The fourth-order valence-electron chi connectivity index (χ4n) is 1.99. The van der Waals surface area contributed by atoms with Crippen molar-refractivity contribution in [3.8, 4) is 17.0 Å². The minimum absolute atomic E-state index is 0.00720. The highest BCUT2D eigenvalue weighted by Crippen LogP contribution is 2.29. The van der Waals surface area contributed by atoms with Gasteiger partial charge in [-0.25, -0.2) is 4.79 Å². The van der Waals surface area contributed by atoms with Crippen molar-refractivity contribution in [1.82, 2.24) is 10.2 Å². The number of rotatable bonds is 4. The number of ether oxygens (including phenoxy) is 1. The molecule has 1 aromatic carbocycles. The number of nitrogens with zero attached hydrogens (tertiary/aromatic N) is 1. The molecule has 2 aromatic rings. The number of aryl methyl sites for hydroxylation is 1. The molecular formula is C13H15N3O3. The lowest BCUT2D eigenvalue weighted by atomic mass is 10.0. The third-order valence-electron chi connectivity index (χ3n) is 2.96. The van der Waals surface area contributed by atoms with E-state index in [2.05, 4.69) is 10.2 Å². The molecule has 0 fully saturated rings. The van der Waals surface area contributed by atoms with E-state index in [1.54, 1.807) is 19.2 Å². The summed E-state index contributed by atoms with van der Waals surface area (Å²) in [6.07, 6.45) is 0.781. The van der Waals surface area contributed by atoms with Gasteiger partial charge >= 0.3 is 5.97 Å². The Morgan fingerprint density at radius 2 is 2.26 bits per heavy atom. The molecule has 0 amide bonds. The van der Waals surface area contributed by atoms with Crippen LogP contribution in [0.1, 0.15) is 22.8 Å². The summed E-state index contributed by atoms with van der Waals surface area (Å²) in [6.45, 7) is 2.00. The molecule has 1 heterocycles. The Morgan fingerprint density at radius 1 is 1.53 bits per heavy atom. The molecule has 2 rings (SSSR count). The Bertz CT molecular complexity index is 620. The molecule has 0 aliphatic carbocycles. The van der Waals surface area contributed by atoms with Gasteiger partial charge in [0, 0.05) is 5.56 Å². The third kappa shape index (κ3) is 2.24. The van der Waals surface area contributed by atoms with Gasteiger partial charge < -0.3 is 15.6 Å². The molecule has 0 spiro atoms. The van der Waals surface area contributed by atoms with Gasteiger partial charge in [-0.2, -0.15) is 5.10 Å². The number of carboxylic acid groups (broad SMARTS) is 1. The Balaban J connectivity index is 2.57. The van der Waals surface area contributed by atoms with Crippen LogP contribution in [0.5, 0.6) is 5.75 Å². The number of aromatic carboxylic acids is 1. The highest BCUT2D eigenvalue weighted by Gasteiger charge is 2.19. The summed E-state index contributed by atoms with van der Waals surface area (Å²) >= 11 is 0. The number of carbonyl (C=O) groups is 1. The lowest BCUT2D eigenvalue weighted by Gasteiger charge is -2.08. The summed E-state index contributed by atoms with van der Waals surface area (Å²) in [6, 6.07) is 5.45. The quantitative estimate of drug-likeness (QED) is 0.780. The molecule has 0 bridgehead atoms. The smallest absolute Gasteiger partial charge is 0.341 e. The Labute approximate surface area is 110 Å². The normalized spacial score (nSPS) is 10.4. The van der Waals surface area contributed by atoms with Crippen LogP contribution in [0.2, 0.25) is 0 Å². The van der Waals surface area contributed by atoms with Crippen LogP contribution < -0.4 is 10.5 Å². The third-order valence-corrected chi connectivity index (χ3v) is 2.96. The van der Waals surface area contributed by atoms with Crippen molar-refractivity contribution in [3.05, 3.63) is 29.3 Å². The second-order valence-electron chi connectivity index (χ2n) is 4.04. The van der Waals surface area contributed by atoms with Crippen molar-refractivity contribution >= 4 is 11.8 Å². The number of carboxylic acids is 1. The standard InChI is InChI=1S/C13H15N3O3/c1-3-7-6-8(4-5-9(7)19-2)11-10(13(17)18)12(14)16-15-11/h4-6H,3H2,1-2H3,(H,17,18)(H3,14,15,16). The van der Waals surface area contributed by atoms with Crippen LogP contribution >= 0.6 is 0 Å². The van der Waals surface area contributed by atoms with E-state index in [1.165, 1.54) is 0 Å². The number of nitrogens with one attached hydrogen (secondary N) is 1. The fourth-order valence-corrected chi connectivity index (χ4v) is 1.99. The van der Waals surface area contributed by atoms with Crippen LogP contribution in [-0.4, -0.2) is 28.4 Å². The van der Waals surface area contributed by atoms with Gasteiger partial charge in [-0.05, 0) is 30.2 Å². The van der Waals surface area contributed by atoms with E-state index in [9.17, 15) is 4.79 Å². The van der Waals surface area contributed by atoms with Crippen LogP contribution in [0.25, 0.3) is 11.3 Å². The first-order valence-corrected chi connectivity index (χ1v) is 5.82. The summed E-state index contributed by atoms with van der Waals surface area (Å²) in [5.74, 6) is -0.345. The minimum Gasteiger partial charge on any atom is -0.496 e. The van der Waals surface area contributed by atoms with Gasteiger partial charge in [0.15, 0.2) is 5.82 Å². The first-order valence-electron chi connectivity index (χ1n) is 5.82. The van der Waals surface area contributed by atoms with E-state index in [0.29, 0.717) is 5.69 Å². The van der Waals surface area contributed by atoms with Gasteiger partial charge in [-0.1, -0.05) is 6.92 Å². The van der Waals surface area contributed by atoms with Crippen LogP contribution in [-0.2, 0) is 6.42 Å². The largest absolute Gasteiger partial charge is 0.496 e. The van der Waals surface area contributed by atoms with Crippen molar-refractivity contribution < 1.29 is 14.6 Å². The zero-order valence-electron chi connectivity index (χ0n) is 10.7. The van der Waals surface area contributed by atoms with Crippen molar-refractivity contribution in [2.45, 2.75) is 13.3 Å². The summed E-state index contributed by atoms with van der Waals surface area (Å²) in [5, 5.41) is 15.6. The number of hydrogen-bond acceptors (Lipinski definition) is 4. The number of methoxy groups -OCH3 is 1. The second kappa shape index (κ2) is 5.01. The molecule has 19 heavy (non-hydrogen) atoms. The maximum absolute atomic E-state index is 11.2. The second-order valence-corrected chi connectivity index (χ2v) is 4.04. The fraction of sp³-hybridized carbons (Fsp3) is 0.231. The maximum atomic E-state index is 11.2. The molecule has 0 aliphatic rings. The number of nitrogens with two attached hydrogens (primary N) is 1. The Kier molecular flexibility index (Phi) is 3.41. The van der Waals surface area contributed by atoms with Gasteiger partial charge in [-0.15, -0.1) is 0 Å². The topological polar surface area (TPSA) is 101 Å². The molecule has 4 N–H and O–H groups in total. The first kappa shape index (κ1) is 12.9. The van der Waals surface area contributed by atoms with Crippen LogP contribution in [0.3, 0.4) is 0 Å². The number of hydrogen-bond donors (Lipinski definition) is 3. The van der Waals surface area contributed by atoms with E-state index in [0.717, 1.165) is 23.3 Å². The Morgan fingerprint density at radius 3 is 2.84 bits per heavy atom. The Hall–Kier alpha value is -2.50. The van der Waals surface area contributed by atoms with Gasteiger partial charge in [0.1, 0.15) is 11.3 Å². The van der Waals surface area contributed by atoms with E-state index >= 15 is 0 Å². The molecular weight excluding hydrogens is 246 g/mol. The van der Waals surface area contributed by atoms with Crippen molar-refractivity contribution in [3.63, 3.8) is 0 Å². The molecule has 0 atom stereocenters. The zero-order valence-corrected chi connectivity index (χ0v) is 10.7. The van der Waals surface area contributed by atoms with Gasteiger partial charge in [0.2, 0.25) is 0 Å². The number of H-pyrrole nitrogens is 1. The van der Waals surface area contributed by atoms with Crippen molar-refractivity contribution in [2.24, 2.45) is 0 Å². The summed E-state index contributed by atoms with van der Waals surface area (Å²) in [7, 11) is 1.60. The lowest BCUT2D eigenvalue weighted by molar-refractivity contribution is 0.0699. The van der Waals surface area contributed by atoms with Crippen LogP contribution in [0, 0.1) is 0 Å². The molecule has 0 aliphatic heterocycles. The molecule has 0 saturated heterocycles. The molecule has 0 unspecified atom stereocenters. The highest BCUT2D eigenvalue weighted by atomic mass is 16.5. The van der Waals surface area contributed by atoms with Crippen LogP contribution in [0.4, 0.5) is 5.82 Å². The summed E-state index contributed by atoms with van der Waals surface area (Å²) in [4.78, 5) is 11.2. The van der Waals surface area contributed by atoms with Gasteiger partial charge in [0.05, 0.1) is 12.8 Å². The van der Waals surface area contributed by atoms with Crippen molar-refractivity contribution in [2.75, 3.05) is 12.8 Å². The molecule has 6 heteroatoms. The van der Waals surface area contributed by atoms with E-state index in [4.69, 9.17) is 15.6 Å². The molecule has 6 nitrogen and oxygen atoms in total. The zero-order chi connectivity index (χ0) is 14.0. The van der Waals surface area contributed by atoms with E-state index in [-0.39, 0.29) is 11.4 Å². The monoisotopic (exact) mass is 261 g/mol. The predicted octanol–water partition coefficient (Wildman–Crippen LogP) is 1.93. The SMILES string of the molecule is CCc1cc(-c2[nH]nc(N)c2C(=O)O)ccc1OC. The number of nitrogen functional groups attached to an aromatic ring is 1. The van der Waals surface area contributed by atoms with Crippen molar-refractivity contribution in [1.29, 1.82) is 0 Å². The number of anilines is 1. The van der Waals surface area contributed by atoms with E-state index in [1.807, 2.05) is 13.0 Å².